The molecule has 0 radical (unpaired) electrons. The highest BCUT2D eigenvalue weighted by Crippen LogP contribution is 2.23. The van der Waals surface area contributed by atoms with Crippen LogP contribution >= 0.6 is 0 Å². The predicted molar refractivity (Wildman–Crippen MR) is 96.9 cm³/mol. The lowest BCUT2D eigenvalue weighted by molar-refractivity contribution is 0.0245. The number of benzene rings is 1. The Bertz CT molecular complexity index is 907. The van der Waals surface area contributed by atoms with Gasteiger partial charge < -0.3 is 14.8 Å². The van der Waals surface area contributed by atoms with Gasteiger partial charge in [0.05, 0.1) is 11.9 Å². The van der Waals surface area contributed by atoms with Gasteiger partial charge in [0, 0.05) is 19.6 Å². The summed E-state index contributed by atoms with van der Waals surface area (Å²) in [4.78, 5) is 14.3. The fraction of sp³-hybridized carbons (Fsp3) is 0.421. The predicted octanol–water partition coefficient (Wildman–Crippen LogP) is 1.96. The van der Waals surface area contributed by atoms with E-state index in [-0.39, 0.29) is 18.2 Å². The molecule has 3 aromatic rings. The molecule has 4 rings (SSSR count). The van der Waals surface area contributed by atoms with Crippen molar-refractivity contribution in [1.29, 1.82) is 0 Å². The molecule has 0 bridgehead atoms. The lowest BCUT2D eigenvalue weighted by Crippen LogP contribution is -2.43. The molecule has 2 aromatic heterocycles. The third kappa shape index (κ3) is 4.17. The van der Waals surface area contributed by atoms with Crippen LogP contribution in [0, 0.1) is 0 Å². The Morgan fingerprint density at radius 2 is 2.11 bits per heavy atom. The second-order valence-electron chi connectivity index (χ2n) is 7.10. The van der Waals surface area contributed by atoms with Gasteiger partial charge in [-0.3, -0.25) is 9.69 Å². The quantitative estimate of drug-likeness (QED) is 0.707. The maximum absolute atomic E-state index is 12.0. The summed E-state index contributed by atoms with van der Waals surface area (Å²) in [6.45, 7) is 2.64. The minimum Gasteiger partial charge on any atom is -0.459 e. The van der Waals surface area contributed by atoms with Crippen molar-refractivity contribution in [1.82, 2.24) is 20.5 Å². The number of aromatic nitrogens is 2. The third-order valence-electron chi connectivity index (χ3n) is 5.06. The summed E-state index contributed by atoms with van der Waals surface area (Å²) in [5, 5.41) is 21.4. The number of hydrogen-bond donors (Lipinski definition) is 2. The molecule has 8 nitrogen and oxygen atoms in total. The Balaban J connectivity index is 1.33. The first kappa shape index (κ1) is 17.7. The van der Waals surface area contributed by atoms with E-state index < -0.39 is 5.60 Å². The van der Waals surface area contributed by atoms with Crippen molar-refractivity contribution >= 4 is 16.9 Å². The molecular formula is C19H22N4O4. The van der Waals surface area contributed by atoms with Crippen molar-refractivity contribution in [2.45, 2.75) is 31.4 Å². The van der Waals surface area contributed by atoms with Gasteiger partial charge in [0.1, 0.15) is 11.0 Å². The lowest BCUT2D eigenvalue weighted by atomic mass is 9.95. The topological polar surface area (TPSA) is 105 Å². The molecule has 3 heterocycles. The van der Waals surface area contributed by atoms with E-state index >= 15 is 0 Å². The summed E-state index contributed by atoms with van der Waals surface area (Å²) in [6.07, 6.45) is 3.56. The van der Waals surface area contributed by atoms with Crippen LogP contribution < -0.4 is 5.32 Å². The van der Waals surface area contributed by atoms with E-state index in [0.29, 0.717) is 12.8 Å². The molecule has 0 saturated carbocycles. The summed E-state index contributed by atoms with van der Waals surface area (Å²) < 4.78 is 9.83. The molecule has 0 spiro atoms. The molecule has 1 amide bonds. The Morgan fingerprint density at radius 3 is 2.96 bits per heavy atom. The Labute approximate surface area is 156 Å². The third-order valence-corrected chi connectivity index (χ3v) is 5.06. The Kier molecular flexibility index (Phi) is 4.91. The average Bonchev–Trinajstić information content (AvgIpc) is 3.32. The van der Waals surface area contributed by atoms with Crippen molar-refractivity contribution < 1.29 is 18.9 Å². The summed E-state index contributed by atoms with van der Waals surface area (Å²) in [6, 6.07) is 9.17. The van der Waals surface area contributed by atoms with E-state index in [0.717, 1.165) is 42.7 Å². The van der Waals surface area contributed by atoms with Gasteiger partial charge in [-0.15, -0.1) is 0 Å². The minimum absolute atomic E-state index is 0.219. The average molecular weight is 370 g/mol. The molecule has 0 aliphatic carbocycles. The van der Waals surface area contributed by atoms with Crippen LogP contribution in [-0.4, -0.2) is 51.5 Å². The number of furan rings is 1. The van der Waals surface area contributed by atoms with Crippen LogP contribution in [0.5, 0.6) is 0 Å². The molecule has 8 heteroatoms. The number of aliphatic hydroxyl groups is 1. The molecule has 1 aromatic carbocycles. The van der Waals surface area contributed by atoms with Gasteiger partial charge in [0.15, 0.2) is 5.76 Å². The van der Waals surface area contributed by atoms with Crippen molar-refractivity contribution in [3.8, 4) is 0 Å². The summed E-state index contributed by atoms with van der Waals surface area (Å²) in [5.74, 6) is -0.0457. The van der Waals surface area contributed by atoms with Gasteiger partial charge in [0.25, 0.3) is 5.91 Å². The molecule has 0 unspecified atom stereocenters. The highest BCUT2D eigenvalue weighted by Gasteiger charge is 2.31. The maximum atomic E-state index is 12.0. The van der Waals surface area contributed by atoms with Gasteiger partial charge >= 0.3 is 0 Å². The fourth-order valence-corrected chi connectivity index (χ4v) is 3.49. The van der Waals surface area contributed by atoms with Gasteiger partial charge in [-0.2, -0.15) is 0 Å². The zero-order valence-corrected chi connectivity index (χ0v) is 14.9. The van der Waals surface area contributed by atoms with Crippen LogP contribution in [0.1, 0.15) is 35.4 Å². The molecule has 1 fully saturated rings. The van der Waals surface area contributed by atoms with E-state index in [1.165, 1.54) is 6.26 Å². The summed E-state index contributed by atoms with van der Waals surface area (Å²) in [7, 11) is 0. The Morgan fingerprint density at radius 1 is 1.22 bits per heavy atom. The van der Waals surface area contributed by atoms with Crippen LogP contribution in [0.25, 0.3) is 11.0 Å². The summed E-state index contributed by atoms with van der Waals surface area (Å²) >= 11 is 0. The molecule has 1 saturated heterocycles. The van der Waals surface area contributed by atoms with Crippen LogP contribution in [0.15, 0.2) is 45.6 Å². The summed E-state index contributed by atoms with van der Waals surface area (Å²) in [5.41, 5.74) is 1.72. The lowest BCUT2D eigenvalue weighted by Gasteiger charge is -2.27. The van der Waals surface area contributed by atoms with Crippen LogP contribution in [0.2, 0.25) is 0 Å². The second-order valence-corrected chi connectivity index (χ2v) is 7.10. The number of carbonyl (C=O) groups is 1. The van der Waals surface area contributed by atoms with Crippen molar-refractivity contribution in [2.75, 3.05) is 19.6 Å². The van der Waals surface area contributed by atoms with E-state index in [1.807, 2.05) is 18.2 Å². The second kappa shape index (κ2) is 7.50. The number of rotatable bonds is 5. The van der Waals surface area contributed by atoms with E-state index in [4.69, 9.17) is 9.05 Å². The van der Waals surface area contributed by atoms with Crippen LogP contribution in [-0.2, 0) is 6.54 Å². The van der Waals surface area contributed by atoms with Gasteiger partial charge in [-0.1, -0.05) is 6.07 Å². The molecule has 142 valence electrons. The first-order valence-electron chi connectivity index (χ1n) is 9.09. The van der Waals surface area contributed by atoms with E-state index in [1.54, 1.807) is 12.1 Å². The zero-order valence-electron chi connectivity index (χ0n) is 14.9. The number of hydrogen-bond acceptors (Lipinski definition) is 7. The molecule has 27 heavy (non-hydrogen) atoms. The van der Waals surface area contributed by atoms with Crippen molar-refractivity contribution in [3.63, 3.8) is 0 Å². The first-order chi connectivity index (χ1) is 13.1. The fourth-order valence-electron chi connectivity index (χ4n) is 3.49. The molecular weight excluding hydrogens is 348 g/mol. The number of likely N-dealkylation sites (tertiary alicyclic amines) is 1. The smallest absolute Gasteiger partial charge is 0.287 e. The monoisotopic (exact) mass is 370 g/mol. The van der Waals surface area contributed by atoms with E-state index in [9.17, 15) is 9.90 Å². The number of carbonyl (C=O) groups excluding carboxylic acids is 1. The largest absolute Gasteiger partial charge is 0.459 e. The molecule has 1 atom stereocenters. The van der Waals surface area contributed by atoms with Gasteiger partial charge in [-0.05, 0) is 65.9 Å². The molecule has 2 N–H and O–H groups in total. The van der Waals surface area contributed by atoms with Crippen LogP contribution in [0.3, 0.4) is 0 Å². The molecule has 1 aliphatic heterocycles. The number of nitrogens with zero attached hydrogens (tertiary/aromatic N) is 3. The zero-order chi connectivity index (χ0) is 18.7. The van der Waals surface area contributed by atoms with Crippen molar-refractivity contribution in [3.05, 3.63) is 47.9 Å². The van der Waals surface area contributed by atoms with Crippen LogP contribution in [0.4, 0.5) is 0 Å². The van der Waals surface area contributed by atoms with Gasteiger partial charge in [0.2, 0.25) is 0 Å². The highest BCUT2D eigenvalue weighted by atomic mass is 16.6. The highest BCUT2D eigenvalue weighted by molar-refractivity contribution is 5.91. The van der Waals surface area contributed by atoms with Gasteiger partial charge in [-0.25, -0.2) is 4.63 Å². The first-order valence-corrected chi connectivity index (χ1v) is 9.09. The molecule has 1 aliphatic rings. The number of nitrogens with one attached hydrogen (secondary N) is 1. The number of amides is 1. The SMILES string of the molecule is O=C(NC[C@@]1(O)CCCN(Cc2ccc3nonc3c2)CC1)c1ccco1. The normalized spacial score (nSPS) is 21.2. The Hall–Kier alpha value is -2.71. The van der Waals surface area contributed by atoms with E-state index in [2.05, 4.69) is 20.5 Å². The van der Waals surface area contributed by atoms with Crippen molar-refractivity contribution in [2.24, 2.45) is 0 Å². The number of fused-ring (bicyclic) bond motifs is 1. The maximum Gasteiger partial charge on any atom is 0.287 e. The standard InChI is InChI=1S/C19H22N4O4/c24-18(17-3-1-10-26-17)20-13-19(25)6-2-8-23(9-7-19)12-14-4-5-15-16(11-14)22-27-21-15/h1,3-5,10-11,25H,2,6-9,12-13H2,(H,20,24)/t19-/m1/s1. The minimum atomic E-state index is -0.906.